The molecule has 0 aliphatic carbocycles. The van der Waals surface area contributed by atoms with Gasteiger partial charge in [0.25, 0.3) is 0 Å². The van der Waals surface area contributed by atoms with Gasteiger partial charge in [-0.3, -0.25) is 4.57 Å². The molecule has 1 heterocycles. The molecule has 10 heavy (non-hydrogen) atoms. The van der Waals surface area contributed by atoms with E-state index >= 15 is 0 Å². The van der Waals surface area contributed by atoms with Crippen LogP contribution in [0.15, 0.2) is 17.1 Å². The summed E-state index contributed by atoms with van der Waals surface area (Å²) in [6.45, 7) is 0. The van der Waals surface area contributed by atoms with Crippen molar-refractivity contribution in [3.8, 4) is 0 Å². The number of thiol groups is 1. The predicted octanol–water partition coefficient (Wildman–Crippen LogP) is -0.287. The number of rotatable bonds is 1. The lowest BCUT2D eigenvalue weighted by molar-refractivity contribution is 0.800. The Morgan fingerprint density at radius 2 is 2.50 bits per heavy atom. The second kappa shape index (κ2) is 2.74. The maximum atomic E-state index is 10.8. The molecular formula is C5H7N3OS. The number of nitrogen functional groups attached to an aromatic ring is 1. The van der Waals surface area contributed by atoms with Gasteiger partial charge >= 0.3 is 5.69 Å². The van der Waals surface area contributed by atoms with Crippen molar-refractivity contribution in [1.29, 1.82) is 0 Å². The molecule has 1 rings (SSSR count). The molecule has 0 aromatic carbocycles. The number of nitrogens with zero attached hydrogens (tertiary/aromatic N) is 2. The fourth-order valence-electron chi connectivity index (χ4n) is 0.550. The summed E-state index contributed by atoms with van der Waals surface area (Å²) in [7, 11) is 0. The molecule has 0 radical (unpaired) electrons. The minimum Gasteiger partial charge on any atom is -0.383 e. The largest absolute Gasteiger partial charge is 0.383 e. The van der Waals surface area contributed by atoms with Crippen molar-refractivity contribution in [2.75, 3.05) is 5.73 Å². The van der Waals surface area contributed by atoms with Crippen LogP contribution in [0.3, 0.4) is 0 Å². The number of anilines is 1. The summed E-state index contributed by atoms with van der Waals surface area (Å²) in [6.07, 6.45) is 1.55. The minimum atomic E-state index is -0.366. The van der Waals surface area contributed by atoms with E-state index in [4.69, 9.17) is 5.73 Å². The molecule has 0 aliphatic rings. The van der Waals surface area contributed by atoms with Crippen LogP contribution in [0, 0.1) is 0 Å². The first-order valence-electron chi connectivity index (χ1n) is 2.68. The molecule has 0 aliphatic heterocycles. The molecule has 0 spiro atoms. The van der Waals surface area contributed by atoms with E-state index in [2.05, 4.69) is 17.6 Å². The normalized spacial score (nSPS) is 9.70. The number of aromatic nitrogens is 2. The molecule has 0 atom stereocenters. The highest BCUT2D eigenvalue weighted by molar-refractivity contribution is 7.79. The van der Waals surface area contributed by atoms with Crippen LogP contribution in [0.5, 0.6) is 0 Å². The van der Waals surface area contributed by atoms with Crippen LogP contribution in [-0.4, -0.2) is 9.55 Å². The van der Waals surface area contributed by atoms with E-state index in [0.717, 1.165) is 0 Å². The average Bonchev–Trinajstić information content (AvgIpc) is 1.88. The molecule has 2 N–H and O–H groups in total. The molecule has 0 amide bonds. The smallest absolute Gasteiger partial charge is 0.350 e. The first kappa shape index (κ1) is 7.14. The fourth-order valence-corrected chi connectivity index (χ4v) is 0.765. The van der Waals surface area contributed by atoms with Crippen LogP contribution in [0.1, 0.15) is 0 Å². The van der Waals surface area contributed by atoms with E-state index in [9.17, 15) is 4.79 Å². The van der Waals surface area contributed by atoms with E-state index in [-0.39, 0.29) is 11.5 Å². The van der Waals surface area contributed by atoms with Gasteiger partial charge in [-0.05, 0) is 6.07 Å². The number of hydrogen-bond acceptors (Lipinski definition) is 4. The Hall–Kier alpha value is -0.970. The Labute approximate surface area is 63.1 Å². The van der Waals surface area contributed by atoms with Crippen molar-refractivity contribution < 1.29 is 0 Å². The third-order valence-electron chi connectivity index (χ3n) is 1.05. The summed E-state index contributed by atoms with van der Waals surface area (Å²) in [4.78, 5) is 14.3. The van der Waals surface area contributed by atoms with Crippen molar-refractivity contribution in [1.82, 2.24) is 9.55 Å². The Morgan fingerprint density at radius 1 is 1.80 bits per heavy atom. The number of nitrogens with two attached hydrogens (primary N) is 1. The van der Waals surface area contributed by atoms with Crippen LogP contribution in [0.25, 0.3) is 0 Å². The lowest BCUT2D eigenvalue weighted by atomic mass is 10.6. The molecule has 0 saturated carbocycles. The topological polar surface area (TPSA) is 60.9 Å². The summed E-state index contributed by atoms with van der Waals surface area (Å²) in [5.41, 5.74) is 4.87. The lowest BCUT2D eigenvalue weighted by Gasteiger charge is -1.97. The monoisotopic (exact) mass is 157 g/mol. The van der Waals surface area contributed by atoms with Crippen LogP contribution >= 0.6 is 12.6 Å². The molecule has 0 saturated heterocycles. The lowest BCUT2D eigenvalue weighted by Crippen LogP contribution is -2.21. The molecule has 1 aromatic rings. The molecule has 0 fully saturated rings. The molecule has 0 bridgehead atoms. The second-order valence-corrected chi connectivity index (χ2v) is 2.03. The number of hydrogen-bond donors (Lipinski definition) is 2. The summed E-state index contributed by atoms with van der Waals surface area (Å²) in [6, 6.07) is 1.55. The second-order valence-electron chi connectivity index (χ2n) is 1.75. The van der Waals surface area contributed by atoms with Gasteiger partial charge in [-0.1, -0.05) is 0 Å². The quantitative estimate of drug-likeness (QED) is 0.551. The summed E-state index contributed by atoms with van der Waals surface area (Å²) < 4.78 is 1.35. The minimum absolute atomic E-state index is 0.239. The van der Waals surface area contributed by atoms with Gasteiger partial charge in [0.05, 0.1) is 5.88 Å². The van der Waals surface area contributed by atoms with Crippen LogP contribution in [0.2, 0.25) is 0 Å². The molecule has 1 aromatic heterocycles. The maximum absolute atomic E-state index is 10.8. The van der Waals surface area contributed by atoms with Gasteiger partial charge in [0, 0.05) is 6.20 Å². The SMILES string of the molecule is Nc1ccn(CS)c(=O)n1. The van der Waals surface area contributed by atoms with Crippen molar-refractivity contribution in [3.05, 3.63) is 22.7 Å². The van der Waals surface area contributed by atoms with E-state index in [1.54, 1.807) is 12.3 Å². The molecule has 4 nitrogen and oxygen atoms in total. The van der Waals surface area contributed by atoms with Gasteiger partial charge in [0.1, 0.15) is 5.82 Å². The molecule has 5 heteroatoms. The van der Waals surface area contributed by atoms with Gasteiger partial charge in [0.2, 0.25) is 0 Å². The van der Waals surface area contributed by atoms with Crippen molar-refractivity contribution in [2.24, 2.45) is 0 Å². The van der Waals surface area contributed by atoms with Gasteiger partial charge in [0.15, 0.2) is 0 Å². The summed E-state index contributed by atoms with van der Waals surface area (Å²) in [5.74, 6) is 0.564. The Kier molecular flexibility index (Phi) is 1.96. The van der Waals surface area contributed by atoms with Crippen molar-refractivity contribution in [2.45, 2.75) is 5.88 Å². The van der Waals surface area contributed by atoms with Crippen LogP contribution < -0.4 is 11.4 Å². The first-order chi connectivity index (χ1) is 4.74. The van der Waals surface area contributed by atoms with E-state index in [1.165, 1.54) is 4.57 Å². The van der Waals surface area contributed by atoms with Crippen molar-refractivity contribution >= 4 is 18.4 Å². The van der Waals surface area contributed by atoms with Crippen LogP contribution in [0.4, 0.5) is 5.82 Å². The van der Waals surface area contributed by atoms with Gasteiger partial charge in [-0.25, -0.2) is 4.79 Å². The van der Waals surface area contributed by atoms with E-state index in [0.29, 0.717) is 5.88 Å². The highest BCUT2D eigenvalue weighted by Crippen LogP contribution is 1.89. The van der Waals surface area contributed by atoms with E-state index in [1.807, 2.05) is 0 Å². The Bertz CT molecular complexity index is 282. The first-order valence-corrected chi connectivity index (χ1v) is 3.31. The molecule has 0 unspecified atom stereocenters. The zero-order valence-corrected chi connectivity index (χ0v) is 6.08. The Balaban J connectivity index is 3.20. The standard InChI is InChI=1S/C5H7N3OS/c6-4-1-2-8(3-10)5(9)7-4/h1-2,10H,3H2,(H2,6,7,9). The highest BCUT2D eigenvalue weighted by atomic mass is 32.1. The van der Waals surface area contributed by atoms with Gasteiger partial charge < -0.3 is 5.73 Å². The van der Waals surface area contributed by atoms with Gasteiger partial charge in [-0.15, -0.1) is 0 Å². The van der Waals surface area contributed by atoms with Crippen molar-refractivity contribution in [3.63, 3.8) is 0 Å². The maximum Gasteiger partial charge on any atom is 0.350 e. The fraction of sp³-hybridized carbons (Fsp3) is 0.200. The third-order valence-corrected chi connectivity index (χ3v) is 1.35. The third kappa shape index (κ3) is 1.30. The summed E-state index contributed by atoms with van der Waals surface area (Å²) >= 11 is 3.90. The van der Waals surface area contributed by atoms with Gasteiger partial charge in [-0.2, -0.15) is 17.6 Å². The molecular weight excluding hydrogens is 150 g/mol. The highest BCUT2D eigenvalue weighted by Gasteiger charge is 1.92. The zero-order valence-electron chi connectivity index (χ0n) is 5.19. The van der Waals surface area contributed by atoms with Crippen LogP contribution in [-0.2, 0) is 5.88 Å². The predicted molar refractivity (Wildman–Crippen MR) is 41.9 cm³/mol. The summed E-state index contributed by atoms with van der Waals surface area (Å²) in [5, 5.41) is 0. The molecule has 54 valence electrons. The zero-order chi connectivity index (χ0) is 7.56. The Morgan fingerprint density at radius 3 is 3.00 bits per heavy atom. The average molecular weight is 157 g/mol. The van der Waals surface area contributed by atoms with E-state index < -0.39 is 0 Å².